The molecule has 32 heavy (non-hydrogen) atoms. The maximum atomic E-state index is 13.0. The third-order valence-electron chi connectivity index (χ3n) is 6.32. The van der Waals surface area contributed by atoms with Crippen molar-refractivity contribution in [1.29, 1.82) is 0 Å². The zero-order chi connectivity index (χ0) is 22.7. The number of hydrogen-bond donors (Lipinski definition) is 0. The van der Waals surface area contributed by atoms with Crippen LogP contribution in [0.4, 0.5) is 5.69 Å². The van der Waals surface area contributed by atoms with Gasteiger partial charge < -0.3 is 9.80 Å². The number of carbonyl (C=O) groups excluding carboxylic acids is 1. The molecule has 3 heterocycles. The summed E-state index contributed by atoms with van der Waals surface area (Å²) in [4.78, 5) is 26.4. The lowest BCUT2D eigenvalue weighted by atomic mass is 10.1. The highest BCUT2D eigenvalue weighted by Gasteiger charge is 2.18. The summed E-state index contributed by atoms with van der Waals surface area (Å²) in [7, 11) is 1.90. The number of aryl methyl sites for hydroxylation is 2. The van der Waals surface area contributed by atoms with Crippen molar-refractivity contribution in [3.05, 3.63) is 46.8 Å². The van der Waals surface area contributed by atoms with Gasteiger partial charge in [0.05, 0.1) is 0 Å². The first kappa shape index (κ1) is 22.6. The predicted octanol–water partition coefficient (Wildman–Crippen LogP) is 4.04. The minimum Gasteiger partial charge on any atom is -0.371 e. The monoisotopic (exact) mass is 452 g/mol. The van der Waals surface area contributed by atoms with Crippen molar-refractivity contribution < 1.29 is 4.79 Å². The standard InChI is InChI=1S/C24H32N6OS/c1-17-20(18(2)30-23(25-17)26-24(27-30)32-4)12-13-22(31)28(3)16-19-10-6-7-11-21(19)29-14-8-5-9-15-29/h6-7,10-11H,5,8-9,12-16H2,1-4H3. The Kier molecular flexibility index (Phi) is 6.98. The first-order valence-electron chi connectivity index (χ1n) is 11.3. The van der Waals surface area contributed by atoms with E-state index in [0.717, 1.165) is 30.0 Å². The van der Waals surface area contributed by atoms with Crippen molar-refractivity contribution in [3.63, 3.8) is 0 Å². The van der Waals surface area contributed by atoms with E-state index in [-0.39, 0.29) is 5.91 Å². The van der Waals surface area contributed by atoms with Gasteiger partial charge in [-0.2, -0.15) is 4.98 Å². The molecule has 1 aromatic carbocycles. The molecule has 0 N–H and O–H groups in total. The van der Waals surface area contributed by atoms with E-state index in [1.807, 2.05) is 32.1 Å². The van der Waals surface area contributed by atoms with Gasteiger partial charge in [0, 0.05) is 50.2 Å². The average Bonchev–Trinajstić information content (AvgIpc) is 3.23. The topological polar surface area (TPSA) is 66.6 Å². The van der Waals surface area contributed by atoms with Gasteiger partial charge in [-0.15, -0.1) is 5.10 Å². The van der Waals surface area contributed by atoms with Crippen LogP contribution in [-0.4, -0.2) is 56.8 Å². The highest BCUT2D eigenvalue weighted by molar-refractivity contribution is 7.98. The molecule has 1 amide bonds. The number of carbonyl (C=O) groups is 1. The van der Waals surface area contributed by atoms with E-state index in [9.17, 15) is 4.79 Å². The van der Waals surface area contributed by atoms with Crippen molar-refractivity contribution >= 4 is 29.1 Å². The largest absolute Gasteiger partial charge is 0.371 e. The second-order valence-corrected chi connectivity index (χ2v) is 9.27. The minimum atomic E-state index is 0.140. The molecule has 3 aromatic rings. The first-order valence-corrected chi connectivity index (χ1v) is 12.5. The van der Waals surface area contributed by atoms with Crippen LogP contribution in [0.1, 0.15) is 48.2 Å². The van der Waals surface area contributed by atoms with E-state index >= 15 is 0 Å². The van der Waals surface area contributed by atoms with Crippen LogP contribution in [0.2, 0.25) is 0 Å². The molecular weight excluding hydrogens is 420 g/mol. The zero-order valence-corrected chi connectivity index (χ0v) is 20.3. The molecule has 2 aromatic heterocycles. The third kappa shape index (κ3) is 4.75. The van der Waals surface area contributed by atoms with Crippen LogP contribution in [0.5, 0.6) is 0 Å². The lowest BCUT2D eigenvalue weighted by Crippen LogP contribution is -2.32. The molecule has 0 radical (unpaired) electrons. The van der Waals surface area contributed by atoms with Gasteiger partial charge in [-0.05, 0) is 63.0 Å². The Morgan fingerprint density at radius 1 is 1.12 bits per heavy atom. The van der Waals surface area contributed by atoms with Crippen LogP contribution >= 0.6 is 11.8 Å². The maximum Gasteiger partial charge on any atom is 0.253 e. The van der Waals surface area contributed by atoms with Gasteiger partial charge in [0.1, 0.15) is 0 Å². The smallest absolute Gasteiger partial charge is 0.253 e. The Hall–Kier alpha value is -2.61. The Morgan fingerprint density at radius 2 is 1.88 bits per heavy atom. The minimum absolute atomic E-state index is 0.140. The van der Waals surface area contributed by atoms with E-state index in [2.05, 4.69) is 44.2 Å². The van der Waals surface area contributed by atoms with Crippen molar-refractivity contribution in [2.45, 2.75) is 57.7 Å². The number of piperidine rings is 1. The molecule has 170 valence electrons. The Bertz CT molecular complexity index is 1110. The fraction of sp³-hybridized carbons (Fsp3) is 0.500. The van der Waals surface area contributed by atoms with Crippen molar-refractivity contribution in [3.8, 4) is 0 Å². The highest BCUT2D eigenvalue weighted by atomic mass is 32.2. The number of thioether (sulfide) groups is 1. The SMILES string of the molecule is CSc1nc2nc(C)c(CCC(=O)N(C)Cc3ccccc3N3CCCCC3)c(C)n2n1. The molecule has 1 aliphatic heterocycles. The Morgan fingerprint density at radius 3 is 2.62 bits per heavy atom. The lowest BCUT2D eigenvalue weighted by molar-refractivity contribution is -0.130. The van der Waals surface area contributed by atoms with Crippen molar-refractivity contribution in [2.24, 2.45) is 0 Å². The molecule has 0 spiro atoms. The number of anilines is 1. The van der Waals surface area contributed by atoms with Gasteiger partial charge in [-0.1, -0.05) is 30.0 Å². The number of amides is 1. The Labute approximate surface area is 194 Å². The normalized spacial score (nSPS) is 14.2. The number of aromatic nitrogens is 4. The third-order valence-corrected chi connectivity index (χ3v) is 6.86. The van der Waals surface area contributed by atoms with Crippen LogP contribution in [0.3, 0.4) is 0 Å². The lowest BCUT2D eigenvalue weighted by Gasteiger charge is -2.31. The molecule has 0 atom stereocenters. The Balaban J connectivity index is 1.44. The summed E-state index contributed by atoms with van der Waals surface area (Å²) >= 11 is 1.50. The second kappa shape index (κ2) is 9.90. The number of para-hydroxylation sites is 1. The van der Waals surface area contributed by atoms with E-state index in [1.165, 1.54) is 42.3 Å². The van der Waals surface area contributed by atoms with Crippen LogP contribution < -0.4 is 4.90 Å². The fourth-order valence-electron chi connectivity index (χ4n) is 4.49. The highest BCUT2D eigenvalue weighted by Crippen LogP contribution is 2.25. The number of hydrogen-bond acceptors (Lipinski definition) is 6. The van der Waals surface area contributed by atoms with Gasteiger partial charge in [0.25, 0.3) is 5.78 Å². The molecule has 1 aliphatic rings. The second-order valence-electron chi connectivity index (χ2n) is 8.50. The first-order chi connectivity index (χ1) is 15.5. The number of fused-ring (bicyclic) bond motifs is 1. The molecule has 0 saturated carbocycles. The number of nitrogens with zero attached hydrogens (tertiary/aromatic N) is 6. The zero-order valence-electron chi connectivity index (χ0n) is 19.5. The van der Waals surface area contributed by atoms with Gasteiger partial charge in [-0.3, -0.25) is 4.79 Å². The summed E-state index contributed by atoms with van der Waals surface area (Å²) in [5, 5.41) is 5.22. The molecular formula is C24H32N6OS. The van der Waals surface area contributed by atoms with Crippen LogP contribution in [0.25, 0.3) is 5.78 Å². The molecule has 1 saturated heterocycles. The molecule has 0 aliphatic carbocycles. The van der Waals surface area contributed by atoms with Crippen molar-refractivity contribution in [2.75, 3.05) is 31.3 Å². The van der Waals surface area contributed by atoms with Gasteiger partial charge >= 0.3 is 0 Å². The summed E-state index contributed by atoms with van der Waals surface area (Å²) in [6.07, 6.45) is 6.83. The van der Waals surface area contributed by atoms with Gasteiger partial charge in [0.15, 0.2) is 0 Å². The van der Waals surface area contributed by atoms with Crippen molar-refractivity contribution in [1.82, 2.24) is 24.5 Å². The van der Waals surface area contributed by atoms with E-state index < -0.39 is 0 Å². The molecule has 7 nitrogen and oxygen atoms in total. The van der Waals surface area contributed by atoms with Crippen LogP contribution in [0, 0.1) is 13.8 Å². The van der Waals surface area contributed by atoms with E-state index in [4.69, 9.17) is 0 Å². The number of benzene rings is 1. The molecule has 4 rings (SSSR count). The summed E-state index contributed by atoms with van der Waals surface area (Å²) in [5.74, 6) is 0.756. The maximum absolute atomic E-state index is 13.0. The fourth-order valence-corrected chi connectivity index (χ4v) is 4.83. The van der Waals surface area contributed by atoms with Gasteiger partial charge in [0.2, 0.25) is 11.1 Å². The molecule has 0 unspecified atom stereocenters. The summed E-state index contributed by atoms with van der Waals surface area (Å²) in [6, 6.07) is 8.49. The average molecular weight is 453 g/mol. The van der Waals surface area contributed by atoms with E-state index in [1.54, 1.807) is 4.52 Å². The van der Waals surface area contributed by atoms with Crippen LogP contribution in [0.15, 0.2) is 29.4 Å². The van der Waals surface area contributed by atoms with E-state index in [0.29, 0.717) is 30.3 Å². The predicted molar refractivity (Wildman–Crippen MR) is 129 cm³/mol. The molecule has 0 bridgehead atoms. The summed E-state index contributed by atoms with van der Waals surface area (Å²) in [5.41, 5.74) is 5.48. The quantitative estimate of drug-likeness (QED) is 0.504. The molecule has 8 heteroatoms. The van der Waals surface area contributed by atoms with Crippen LogP contribution in [-0.2, 0) is 17.8 Å². The molecule has 1 fully saturated rings. The van der Waals surface area contributed by atoms with Gasteiger partial charge in [-0.25, -0.2) is 9.50 Å². The summed E-state index contributed by atoms with van der Waals surface area (Å²) in [6.45, 7) is 6.84. The summed E-state index contributed by atoms with van der Waals surface area (Å²) < 4.78 is 1.79. The number of rotatable bonds is 7.